The lowest BCUT2D eigenvalue weighted by molar-refractivity contribution is 0.0820. The van der Waals surface area contributed by atoms with E-state index < -0.39 is 0 Å². The number of rotatable bonds is 2. The van der Waals surface area contributed by atoms with Crippen LogP contribution in [0, 0.1) is 6.92 Å². The van der Waals surface area contributed by atoms with Crippen molar-refractivity contribution in [2.75, 3.05) is 14.1 Å². The normalized spacial score (nSPS) is 10.9. The van der Waals surface area contributed by atoms with E-state index in [1.165, 1.54) is 0 Å². The zero-order valence-electron chi connectivity index (χ0n) is 11.0. The molecule has 2 heterocycles. The highest BCUT2D eigenvalue weighted by Crippen LogP contribution is 2.23. The number of aromatic nitrogens is 2. The Kier molecular flexibility index (Phi) is 3.43. The van der Waals surface area contributed by atoms with Crippen molar-refractivity contribution in [1.29, 1.82) is 0 Å². The number of fused-ring (bicyclic) bond motifs is 1. The van der Waals surface area contributed by atoms with Crippen LogP contribution in [0.3, 0.4) is 0 Å². The molecule has 0 aliphatic carbocycles. The van der Waals surface area contributed by atoms with Crippen molar-refractivity contribution in [2.24, 2.45) is 0 Å². The van der Waals surface area contributed by atoms with Crippen LogP contribution in [-0.4, -0.2) is 34.3 Å². The van der Waals surface area contributed by atoms with Crippen LogP contribution < -0.4 is 0 Å². The second-order valence-electron chi connectivity index (χ2n) is 4.52. The van der Waals surface area contributed by atoms with Crippen molar-refractivity contribution >= 4 is 27.5 Å². The Morgan fingerprint density at radius 1 is 1.50 bits per heavy atom. The first-order chi connectivity index (χ1) is 8.45. The monoisotopic (exact) mass is 309 g/mol. The largest absolute Gasteiger partial charge is 0.343 e. The van der Waals surface area contributed by atoms with Gasteiger partial charge in [0.15, 0.2) is 5.65 Å². The topological polar surface area (TPSA) is 37.6 Å². The fourth-order valence-electron chi connectivity index (χ4n) is 1.96. The third-order valence-electron chi connectivity index (χ3n) is 2.83. The summed E-state index contributed by atoms with van der Waals surface area (Å²) >= 11 is 3.50. The van der Waals surface area contributed by atoms with E-state index in [0.717, 1.165) is 27.8 Å². The van der Waals surface area contributed by atoms with Gasteiger partial charge in [0.05, 0.1) is 10.2 Å². The second-order valence-corrected chi connectivity index (χ2v) is 5.37. The Morgan fingerprint density at radius 3 is 2.72 bits per heavy atom. The summed E-state index contributed by atoms with van der Waals surface area (Å²) in [6.07, 6.45) is 2.69. The van der Waals surface area contributed by atoms with Crippen molar-refractivity contribution in [3.05, 3.63) is 33.7 Å². The van der Waals surface area contributed by atoms with Crippen LogP contribution in [0.5, 0.6) is 0 Å². The molecular weight excluding hydrogens is 294 g/mol. The van der Waals surface area contributed by atoms with Crippen LogP contribution in [0.25, 0.3) is 5.65 Å². The van der Waals surface area contributed by atoms with Gasteiger partial charge in [-0.3, -0.25) is 9.20 Å². The molecule has 0 N–H and O–H groups in total. The minimum absolute atomic E-state index is 0.0168. The van der Waals surface area contributed by atoms with Crippen molar-refractivity contribution in [2.45, 2.75) is 20.3 Å². The molecule has 0 aromatic carbocycles. The molecule has 0 saturated heterocycles. The van der Waals surface area contributed by atoms with Crippen molar-refractivity contribution < 1.29 is 4.79 Å². The fourth-order valence-corrected chi connectivity index (χ4v) is 2.60. The molecule has 0 bridgehead atoms. The minimum Gasteiger partial charge on any atom is -0.343 e. The molecule has 0 aliphatic heterocycles. The van der Waals surface area contributed by atoms with Gasteiger partial charge in [-0.15, -0.1) is 0 Å². The molecule has 96 valence electrons. The zero-order chi connectivity index (χ0) is 13.4. The average molecular weight is 310 g/mol. The standard InChI is InChI=1S/C13H16BrN3O/c1-5-10-11(13(18)16(3)4)17-7-8(2)6-9(14)12(17)15-10/h6-7H,5H2,1-4H3. The molecule has 0 aliphatic rings. The molecule has 5 heteroatoms. The molecule has 18 heavy (non-hydrogen) atoms. The molecule has 0 saturated carbocycles. The maximum atomic E-state index is 12.3. The molecule has 2 aromatic heterocycles. The van der Waals surface area contributed by atoms with E-state index in [-0.39, 0.29) is 5.91 Å². The number of hydrogen-bond acceptors (Lipinski definition) is 2. The van der Waals surface area contributed by atoms with E-state index in [4.69, 9.17) is 0 Å². The van der Waals surface area contributed by atoms with E-state index in [2.05, 4.69) is 20.9 Å². The van der Waals surface area contributed by atoms with E-state index in [9.17, 15) is 4.79 Å². The molecule has 0 atom stereocenters. The molecule has 2 aromatic rings. The number of nitrogens with zero attached hydrogens (tertiary/aromatic N) is 3. The van der Waals surface area contributed by atoms with Gasteiger partial charge in [-0.25, -0.2) is 4.98 Å². The molecule has 2 rings (SSSR count). The number of carbonyl (C=O) groups excluding carboxylic acids is 1. The van der Waals surface area contributed by atoms with Crippen LogP contribution >= 0.6 is 15.9 Å². The molecule has 0 radical (unpaired) electrons. The summed E-state index contributed by atoms with van der Waals surface area (Å²) in [7, 11) is 3.51. The van der Waals surface area contributed by atoms with Gasteiger partial charge in [0, 0.05) is 20.3 Å². The number of aryl methyl sites for hydroxylation is 2. The van der Waals surface area contributed by atoms with Crippen LogP contribution in [0.1, 0.15) is 28.7 Å². The molecule has 4 nitrogen and oxygen atoms in total. The second kappa shape index (κ2) is 4.72. The quantitative estimate of drug-likeness (QED) is 0.855. The lowest BCUT2D eigenvalue weighted by atomic mass is 10.2. The predicted octanol–water partition coefficient (Wildman–Crippen LogP) is 2.67. The highest BCUT2D eigenvalue weighted by atomic mass is 79.9. The first kappa shape index (κ1) is 13.1. The van der Waals surface area contributed by atoms with Gasteiger partial charge in [0.2, 0.25) is 0 Å². The first-order valence-electron chi connectivity index (χ1n) is 5.84. The summed E-state index contributed by atoms with van der Waals surface area (Å²) in [5.74, 6) is -0.0168. The van der Waals surface area contributed by atoms with Crippen molar-refractivity contribution in [3.8, 4) is 0 Å². The Morgan fingerprint density at radius 2 is 2.17 bits per heavy atom. The van der Waals surface area contributed by atoms with Gasteiger partial charge in [0.25, 0.3) is 5.91 Å². The highest BCUT2D eigenvalue weighted by Gasteiger charge is 2.20. The third kappa shape index (κ3) is 2.03. The van der Waals surface area contributed by atoms with Gasteiger partial charge < -0.3 is 4.90 Å². The molecule has 0 fully saturated rings. The SMILES string of the molecule is CCc1nc2c(Br)cc(C)cn2c1C(=O)N(C)C. The summed E-state index contributed by atoms with van der Waals surface area (Å²) < 4.78 is 2.79. The number of pyridine rings is 1. The molecule has 0 unspecified atom stereocenters. The van der Waals surface area contributed by atoms with E-state index in [1.807, 2.05) is 30.5 Å². The third-order valence-corrected chi connectivity index (χ3v) is 3.41. The van der Waals surface area contributed by atoms with Gasteiger partial charge in [-0.2, -0.15) is 0 Å². The van der Waals surface area contributed by atoms with Crippen LogP contribution in [-0.2, 0) is 6.42 Å². The van der Waals surface area contributed by atoms with Crippen molar-refractivity contribution in [1.82, 2.24) is 14.3 Å². The summed E-state index contributed by atoms with van der Waals surface area (Å²) in [5, 5.41) is 0. The van der Waals surface area contributed by atoms with Gasteiger partial charge in [-0.05, 0) is 40.9 Å². The smallest absolute Gasteiger partial charge is 0.272 e. The van der Waals surface area contributed by atoms with Gasteiger partial charge in [0.1, 0.15) is 5.69 Å². The molecular formula is C13H16BrN3O. The summed E-state index contributed by atoms with van der Waals surface area (Å²) in [6.45, 7) is 4.01. The van der Waals surface area contributed by atoms with Gasteiger partial charge >= 0.3 is 0 Å². The van der Waals surface area contributed by atoms with Crippen LogP contribution in [0.4, 0.5) is 0 Å². The Labute approximate surface area is 115 Å². The number of hydrogen-bond donors (Lipinski definition) is 0. The summed E-state index contributed by atoms with van der Waals surface area (Å²) in [6, 6.07) is 2.01. The molecule has 0 spiro atoms. The van der Waals surface area contributed by atoms with E-state index in [0.29, 0.717) is 5.69 Å². The number of carbonyl (C=O) groups is 1. The Hall–Kier alpha value is -1.36. The lowest BCUT2D eigenvalue weighted by Gasteiger charge is -2.11. The van der Waals surface area contributed by atoms with Crippen LogP contribution in [0.2, 0.25) is 0 Å². The van der Waals surface area contributed by atoms with E-state index >= 15 is 0 Å². The summed E-state index contributed by atoms with van der Waals surface area (Å²) in [5.41, 5.74) is 3.37. The molecule has 1 amide bonds. The first-order valence-corrected chi connectivity index (χ1v) is 6.63. The number of halogens is 1. The summed E-state index contributed by atoms with van der Waals surface area (Å²) in [4.78, 5) is 18.4. The Bertz CT molecular complexity index is 616. The fraction of sp³-hybridized carbons (Fsp3) is 0.385. The number of amides is 1. The van der Waals surface area contributed by atoms with Gasteiger partial charge in [-0.1, -0.05) is 6.92 Å². The highest BCUT2D eigenvalue weighted by molar-refractivity contribution is 9.10. The minimum atomic E-state index is -0.0168. The lowest BCUT2D eigenvalue weighted by Crippen LogP contribution is -2.24. The number of imidazole rings is 1. The van der Waals surface area contributed by atoms with Crippen LogP contribution in [0.15, 0.2) is 16.7 Å². The average Bonchev–Trinajstić information content (AvgIpc) is 2.66. The van der Waals surface area contributed by atoms with E-state index in [1.54, 1.807) is 19.0 Å². The maximum Gasteiger partial charge on any atom is 0.272 e. The maximum absolute atomic E-state index is 12.3. The zero-order valence-corrected chi connectivity index (χ0v) is 12.6. The Balaban J connectivity index is 2.80. The van der Waals surface area contributed by atoms with Crippen molar-refractivity contribution in [3.63, 3.8) is 0 Å². The predicted molar refractivity (Wildman–Crippen MR) is 75.0 cm³/mol.